The van der Waals surface area contributed by atoms with E-state index in [-0.39, 0.29) is 0 Å². The number of methoxy groups -OCH3 is 2. The fourth-order valence-corrected chi connectivity index (χ4v) is 2.51. The SMILES string of the molecule is COc1cc(OC)cc(-c2nc(I)ns2)c1. The number of hydrogen-bond donors (Lipinski definition) is 0. The number of hydrogen-bond acceptors (Lipinski definition) is 5. The van der Waals surface area contributed by atoms with Crippen molar-refractivity contribution in [2.24, 2.45) is 0 Å². The maximum absolute atomic E-state index is 5.20. The Morgan fingerprint density at radius 3 is 2.19 bits per heavy atom. The van der Waals surface area contributed by atoms with Crippen molar-refractivity contribution in [2.45, 2.75) is 0 Å². The van der Waals surface area contributed by atoms with E-state index in [2.05, 4.69) is 31.9 Å². The molecule has 0 amide bonds. The van der Waals surface area contributed by atoms with E-state index >= 15 is 0 Å². The lowest BCUT2D eigenvalue weighted by Gasteiger charge is -2.06. The second kappa shape index (κ2) is 4.96. The second-order valence-corrected chi connectivity index (χ2v) is 4.69. The Bertz CT molecular complexity index is 479. The monoisotopic (exact) mass is 348 g/mol. The average Bonchev–Trinajstić information content (AvgIpc) is 2.75. The van der Waals surface area contributed by atoms with Crippen molar-refractivity contribution in [3.05, 3.63) is 22.0 Å². The first-order chi connectivity index (χ1) is 7.72. The molecule has 0 saturated carbocycles. The summed E-state index contributed by atoms with van der Waals surface area (Å²) in [7, 11) is 3.25. The first-order valence-electron chi connectivity index (χ1n) is 4.45. The number of aromatic nitrogens is 2. The maximum atomic E-state index is 5.20. The molecular weight excluding hydrogens is 339 g/mol. The molecule has 1 aromatic carbocycles. The van der Waals surface area contributed by atoms with E-state index in [4.69, 9.17) is 9.47 Å². The summed E-state index contributed by atoms with van der Waals surface area (Å²) in [6.45, 7) is 0. The molecule has 0 saturated heterocycles. The van der Waals surface area contributed by atoms with Crippen molar-refractivity contribution in [2.75, 3.05) is 14.2 Å². The van der Waals surface area contributed by atoms with Crippen LogP contribution in [0.5, 0.6) is 11.5 Å². The minimum Gasteiger partial charge on any atom is -0.497 e. The maximum Gasteiger partial charge on any atom is 0.203 e. The number of ether oxygens (including phenoxy) is 2. The molecule has 2 aromatic rings. The minimum atomic E-state index is 0.749. The van der Waals surface area contributed by atoms with Gasteiger partial charge in [0.1, 0.15) is 16.5 Å². The highest BCUT2D eigenvalue weighted by Crippen LogP contribution is 2.30. The van der Waals surface area contributed by atoms with Crippen molar-refractivity contribution >= 4 is 34.1 Å². The molecule has 0 spiro atoms. The van der Waals surface area contributed by atoms with E-state index in [9.17, 15) is 0 Å². The van der Waals surface area contributed by atoms with Gasteiger partial charge < -0.3 is 9.47 Å². The van der Waals surface area contributed by atoms with Gasteiger partial charge in [0.25, 0.3) is 0 Å². The molecule has 0 fully saturated rings. The van der Waals surface area contributed by atoms with E-state index in [0.717, 1.165) is 25.9 Å². The molecular formula is C10H9IN2O2S. The highest BCUT2D eigenvalue weighted by atomic mass is 127. The van der Waals surface area contributed by atoms with Gasteiger partial charge in [-0.1, -0.05) is 0 Å². The van der Waals surface area contributed by atoms with Gasteiger partial charge in [-0.05, 0) is 23.7 Å². The second-order valence-electron chi connectivity index (χ2n) is 2.97. The first kappa shape index (κ1) is 11.6. The topological polar surface area (TPSA) is 44.2 Å². The van der Waals surface area contributed by atoms with E-state index in [1.807, 2.05) is 18.2 Å². The molecule has 0 radical (unpaired) electrons. The van der Waals surface area contributed by atoms with E-state index < -0.39 is 0 Å². The van der Waals surface area contributed by atoms with Crippen LogP contribution in [0.15, 0.2) is 18.2 Å². The van der Waals surface area contributed by atoms with Crippen LogP contribution in [0.4, 0.5) is 0 Å². The molecule has 0 unspecified atom stereocenters. The molecule has 0 atom stereocenters. The number of halogens is 1. The number of benzene rings is 1. The van der Waals surface area contributed by atoms with Crippen LogP contribution in [-0.4, -0.2) is 23.6 Å². The Morgan fingerprint density at radius 2 is 1.75 bits per heavy atom. The van der Waals surface area contributed by atoms with Crippen LogP contribution in [-0.2, 0) is 0 Å². The summed E-state index contributed by atoms with van der Waals surface area (Å²) in [6, 6.07) is 5.66. The van der Waals surface area contributed by atoms with Crippen LogP contribution in [0.1, 0.15) is 0 Å². The highest BCUT2D eigenvalue weighted by Gasteiger charge is 2.08. The van der Waals surface area contributed by atoms with Crippen LogP contribution in [0.2, 0.25) is 0 Å². The summed E-state index contributed by atoms with van der Waals surface area (Å²) in [4.78, 5) is 4.31. The Kier molecular flexibility index (Phi) is 3.59. The predicted octanol–water partition coefficient (Wildman–Crippen LogP) is 2.83. The minimum absolute atomic E-state index is 0.749. The van der Waals surface area contributed by atoms with Crippen molar-refractivity contribution in [3.63, 3.8) is 0 Å². The van der Waals surface area contributed by atoms with Gasteiger partial charge in [0, 0.05) is 34.2 Å². The lowest BCUT2D eigenvalue weighted by Crippen LogP contribution is -1.88. The summed E-state index contributed by atoms with van der Waals surface area (Å²) in [6.07, 6.45) is 0. The zero-order chi connectivity index (χ0) is 11.5. The fraction of sp³-hybridized carbons (Fsp3) is 0.200. The molecule has 0 aliphatic rings. The summed E-state index contributed by atoms with van der Waals surface area (Å²) < 4.78 is 15.3. The van der Waals surface area contributed by atoms with Crippen LogP contribution >= 0.6 is 34.1 Å². The van der Waals surface area contributed by atoms with Gasteiger partial charge in [0.2, 0.25) is 3.83 Å². The Labute approximate surface area is 111 Å². The van der Waals surface area contributed by atoms with Gasteiger partial charge in [-0.2, -0.15) is 4.37 Å². The van der Waals surface area contributed by atoms with E-state index in [1.165, 1.54) is 11.5 Å². The third-order valence-electron chi connectivity index (χ3n) is 2.00. The molecule has 1 heterocycles. The van der Waals surface area contributed by atoms with Gasteiger partial charge in [-0.25, -0.2) is 4.98 Å². The standard InChI is InChI=1S/C10H9IN2O2S/c1-14-7-3-6(4-8(5-7)15-2)9-12-10(11)13-16-9/h3-5H,1-2H3. The lowest BCUT2D eigenvalue weighted by atomic mass is 10.2. The van der Waals surface area contributed by atoms with Crippen LogP contribution in [0.3, 0.4) is 0 Å². The van der Waals surface area contributed by atoms with E-state index in [0.29, 0.717) is 0 Å². The zero-order valence-electron chi connectivity index (χ0n) is 8.73. The molecule has 16 heavy (non-hydrogen) atoms. The fourth-order valence-electron chi connectivity index (χ4n) is 1.25. The quantitative estimate of drug-likeness (QED) is 0.801. The van der Waals surface area contributed by atoms with Gasteiger partial charge in [-0.3, -0.25) is 0 Å². The molecule has 2 rings (SSSR count). The zero-order valence-corrected chi connectivity index (χ0v) is 11.7. The van der Waals surface area contributed by atoms with Gasteiger partial charge >= 0.3 is 0 Å². The molecule has 0 aliphatic heterocycles. The molecule has 4 nitrogen and oxygen atoms in total. The summed E-state index contributed by atoms with van der Waals surface area (Å²) >= 11 is 3.45. The molecule has 0 aliphatic carbocycles. The summed E-state index contributed by atoms with van der Waals surface area (Å²) in [5.41, 5.74) is 0.955. The number of rotatable bonds is 3. The van der Waals surface area contributed by atoms with Crippen LogP contribution < -0.4 is 9.47 Å². The summed E-state index contributed by atoms with van der Waals surface area (Å²) in [5.74, 6) is 1.50. The molecule has 84 valence electrons. The third kappa shape index (κ3) is 2.43. The third-order valence-corrected chi connectivity index (χ3v) is 3.57. The van der Waals surface area contributed by atoms with Gasteiger partial charge in [-0.15, -0.1) is 0 Å². The normalized spacial score (nSPS) is 10.2. The Balaban J connectivity index is 2.47. The lowest BCUT2D eigenvalue weighted by molar-refractivity contribution is 0.394. The molecule has 0 bridgehead atoms. The smallest absolute Gasteiger partial charge is 0.203 e. The largest absolute Gasteiger partial charge is 0.497 e. The average molecular weight is 348 g/mol. The van der Waals surface area contributed by atoms with Gasteiger partial charge in [0.05, 0.1) is 14.2 Å². The van der Waals surface area contributed by atoms with Crippen molar-refractivity contribution in [1.29, 1.82) is 0 Å². The van der Waals surface area contributed by atoms with Crippen molar-refractivity contribution < 1.29 is 9.47 Å². The highest BCUT2D eigenvalue weighted by molar-refractivity contribution is 14.1. The van der Waals surface area contributed by atoms with Crippen molar-refractivity contribution in [3.8, 4) is 22.1 Å². The predicted molar refractivity (Wildman–Crippen MR) is 71.2 cm³/mol. The summed E-state index contributed by atoms with van der Waals surface area (Å²) in [5, 5.41) is 0.863. The van der Waals surface area contributed by atoms with Crippen LogP contribution in [0, 0.1) is 3.83 Å². The van der Waals surface area contributed by atoms with Crippen molar-refractivity contribution in [1.82, 2.24) is 9.36 Å². The van der Waals surface area contributed by atoms with E-state index in [1.54, 1.807) is 14.2 Å². The molecule has 1 aromatic heterocycles. The molecule has 0 N–H and O–H groups in total. The Hall–Kier alpha value is -0.890. The first-order valence-corrected chi connectivity index (χ1v) is 6.31. The number of nitrogens with zero attached hydrogens (tertiary/aromatic N) is 2. The van der Waals surface area contributed by atoms with Gasteiger partial charge in [0.15, 0.2) is 0 Å². The molecule has 6 heteroatoms. The van der Waals surface area contributed by atoms with Crippen LogP contribution in [0.25, 0.3) is 10.6 Å². The Morgan fingerprint density at radius 1 is 1.12 bits per heavy atom.